The summed E-state index contributed by atoms with van der Waals surface area (Å²) in [6.07, 6.45) is 0.891. The minimum atomic E-state index is -0.244. The number of nitrogens with one attached hydrogen (secondary N) is 1. The van der Waals surface area contributed by atoms with Crippen LogP contribution in [-0.4, -0.2) is 45.1 Å². The molecule has 0 heterocycles. The van der Waals surface area contributed by atoms with Gasteiger partial charge in [-0.05, 0) is 37.2 Å². The summed E-state index contributed by atoms with van der Waals surface area (Å²) in [5, 5.41) is 3.39. The summed E-state index contributed by atoms with van der Waals surface area (Å²) >= 11 is 0. The van der Waals surface area contributed by atoms with E-state index < -0.39 is 0 Å². The molecule has 0 bridgehead atoms. The highest BCUT2D eigenvalue weighted by Crippen LogP contribution is 2.30. The van der Waals surface area contributed by atoms with Gasteiger partial charge in [0, 0.05) is 19.6 Å². The van der Waals surface area contributed by atoms with Crippen molar-refractivity contribution in [3.63, 3.8) is 0 Å². The number of benzene rings is 1. The van der Waals surface area contributed by atoms with Crippen LogP contribution in [-0.2, 0) is 9.47 Å². The molecule has 5 heteroatoms. The Labute approximate surface area is 125 Å². The van der Waals surface area contributed by atoms with E-state index >= 15 is 0 Å². The zero-order chi connectivity index (χ0) is 15.2. The zero-order valence-electron chi connectivity index (χ0n) is 12.9. The number of methoxy groups -OCH3 is 1. The third-order valence-corrected chi connectivity index (χ3v) is 3.73. The first-order valence-electron chi connectivity index (χ1n) is 7.42. The number of aryl methyl sites for hydroxylation is 1. The predicted octanol–water partition coefficient (Wildman–Crippen LogP) is 2.29. The molecule has 0 aromatic heterocycles. The van der Waals surface area contributed by atoms with Gasteiger partial charge in [-0.3, -0.25) is 0 Å². The van der Waals surface area contributed by atoms with E-state index in [1.165, 1.54) is 12.1 Å². The van der Waals surface area contributed by atoms with Gasteiger partial charge in [-0.25, -0.2) is 4.39 Å². The highest BCUT2D eigenvalue weighted by atomic mass is 19.1. The summed E-state index contributed by atoms with van der Waals surface area (Å²) in [5.41, 5.74) is 0.803. The molecule has 1 N–H and O–H groups in total. The second-order valence-corrected chi connectivity index (χ2v) is 5.29. The van der Waals surface area contributed by atoms with Gasteiger partial charge < -0.3 is 19.5 Å². The number of halogens is 1. The van der Waals surface area contributed by atoms with Crippen LogP contribution in [0.25, 0.3) is 0 Å². The normalized spacial score (nSPS) is 24.7. The first kappa shape index (κ1) is 16.2. The first-order valence-corrected chi connectivity index (χ1v) is 7.42. The Morgan fingerprint density at radius 3 is 2.81 bits per heavy atom. The lowest BCUT2D eigenvalue weighted by Crippen LogP contribution is -2.61. The van der Waals surface area contributed by atoms with E-state index in [1.807, 2.05) is 6.92 Å². The average Bonchev–Trinajstić information content (AvgIpc) is 2.44. The Kier molecular flexibility index (Phi) is 5.96. The van der Waals surface area contributed by atoms with Gasteiger partial charge in [0.2, 0.25) is 0 Å². The quantitative estimate of drug-likeness (QED) is 0.747. The molecule has 4 nitrogen and oxygen atoms in total. The second kappa shape index (κ2) is 7.73. The maximum absolute atomic E-state index is 13.1. The van der Waals surface area contributed by atoms with Crippen molar-refractivity contribution < 1.29 is 18.6 Å². The third-order valence-electron chi connectivity index (χ3n) is 3.73. The SMILES string of the molecule is CCNC1CC(Oc2ccc(F)cc2C)C1OCCOC. The van der Waals surface area contributed by atoms with Crippen LogP contribution in [0.3, 0.4) is 0 Å². The monoisotopic (exact) mass is 297 g/mol. The highest BCUT2D eigenvalue weighted by molar-refractivity contribution is 5.33. The molecule has 3 unspecified atom stereocenters. The zero-order valence-corrected chi connectivity index (χ0v) is 12.9. The highest BCUT2D eigenvalue weighted by Gasteiger charge is 2.43. The Morgan fingerprint density at radius 1 is 1.33 bits per heavy atom. The predicted molar refractivity (Wildman–Crippen MR) is 79.3 cm³/mol. The molecule has 0 spiro atoms. The number of hydrogen-bond donors (Lipinski definition) is 1. The van der Waals surface area contributed by atoms with Crippen molar-refractivity contribution in [3.05, 3.63) is 29.6 Å². The Morgan fingerprint density at radius 2 is 2.14 bits per heavy atom. The molecule has 1 aliphatic carbocycles. The van der Waals surface area contributed by atoms with Crippen LogP contribution in [0.2, 0.25) is 0 Å². The van der Waals surface area contributed by atoms with Crippen molar-refractivity contribution in [2.75, 3.05) is 26.9 Å². The standard InChI is InChI=1S/C16H24FNO3/c1-4-18-13-10-15(16(13)20-8-7-19-3)21-14-6-5-12(17)9-11(14)2/h5-6,9,13,15-16,18H,4,7-8,10H2,1-3H3. The fourth-order valence-electron chi connectivity index (χ4n) is 2.56. The van der Waals surface area contributed by atoms with Crippen molar-refractivity contribution in [1.29, 1.82) is 0 Å². The molecular formula is C16H24FNO3. The van der Waals surface area contributed by atoms with E-state index in [9.17, 15) is 4.39 Å². The summed E-state index contributed by atoms with van der Waals surface area (Å²) < 4.78 is 30.0. The first-order chi connectivity index (χ1) is 10.2. The summed E-state index contributed by atoms with van der Waals surface area (Å²) in [7, 11) is 1.65. The van der Waals surface area contributed by atoms with Crippen LogP contribution < -0.4 is 10.1 Å². The van der Waals surface area contributed by atoms with Crippen LogP contribution in [0.5, 0.6) is 5.75 Å². The second-order valence-electron chi connectivity index (χ2n) is 5.29. The molecule has 2 rings (SSSR count). The smallest absolute Gasteiger partial charge is 0.128 e. The molecule has 3 atom stereocenters. The largest absolute Gasteiger partial charge is 0.487 e. The molecule has 21 heavy (non-hydrogen) atoms. The van der Waals surface area contributed by atoms with Crippen LogP contribution in [0.1, 0.15) is 18.9 Å². The number of hydrogen-bond acceptors (Lipinski definition) is 4. The van der Waals surface area contributed by atoms with Crippen LogP contribution in [0.4, 0.5) is 4.39 Å². The summed E-state index contributed by atoms with van der Waals surface area (Å²) in [5.74, 6) is 0.476. The van der Waals surface area contributed by atoms with Gasteiger partial charge in [0.05, 0.1) is 13.2 Å². The van der Waals surface area contributed by atoms with E-state index in [0.29, 0.717) is 19.3 Å². The number of rotatable bonds is 8. The van der Waals surface area contributed by atoms with Gasteiger partial charge in [-0.1, -0.05) is 6.92 Å². The Bertz CT molecular complexity index is 455. The molecule has 0 aliphatic heterocycles. The van der Waals surface area contributed by atoms with Gasteiger partial charge in [-0.15, -0.1) is 0 Å². The maximum atomic E-state index is 13.1. The molecule has 1 saturated carbocycles. The molecule has 118 valence electrons. The molecule has 1 aliphatic rings. The van der Waals surface area contributed by atoms with E-state index in [2.05, 4.69) is 12.2 Å². The lowest BCUT2D eigenvalue weighted by Gasteiger charge is -2.44. The summed E-state index contributed by atoms with van der Waals surface area (Å²) in [6.45, 7) is 5.93. The van der Waals surface area contributed by atoms with Gasteiger partial charge in [0.15, 0.2) is 0 Å². The van der Waals surface area contributed by atoms with Crippen molar-refractivity contribution in [2.24, 2.45) is 0 Å². The van der Waals surface area contributed by atoms with E-state index in [-0.39, 0.29) is 18.0 Å². The van der Waals surface area contributed by atoms with Gasteiger partial charge in [0.25, 0.3) is 0 Å². The lowest BCUT2D eigenvalue weighted by atomic mass is 9.85. The fourth-order valence-corrected chi connectivity index (χ4v) is 2.56. The fraction of sp³-hybridized carbons (Fsp3) is 0.625. The molecule has 0 radical (unpaired) electrons. The molecular weight excluding hydrogens is 273 g/mol. The minimum Gasteiger partial charge on any atom is -0.487 e. The topological polar surface area (TPSA) is 39.7 Å². The van der Waals surface area contributed by atoms with Gasteiger partial charge in [0.1, 0.15) is 23.8 Å². The van der Waals surface area contributed by atoms with Crippen LogP contribution >= 0.6 is 0 Å². The third kappa shape index (κ3) is 4.15. The molecule has 1 fully saturated rings. The molecule has 1 aromatic carbocycles. The van der Waals surface area contributed by atoms with Crippen LogP contribution in [0.15, 0.2) is 18.2 Å². The Hall–Kier alpha value is -1.17. The molecule has 0 saturated heterocycles. The average molecular weight is 297 g/mol. The van der Waals surface area contributed by atoms with E-state index in [0.717, 1.165) is 24.3 Å². The number of ether oxygens (including phenoxy) is 3. The van der Waals surface area contributed by atoms with Gasteiger partial charge >= 0.3 is 0 Å². The van der Waals surface area contributed by atoms with Crippen LogP contribution in [0, 0.1) is 12.7 Å². The molecule has 1 aromatic rings. The maximum Gasteiger partial charge on any atom is 0.128 e. The summed E-state index contributed by atoms with van der Waals surface area (Å²) in [4.78, 5) is 0. The van der Waals surface area contributed by atoms with Crippen molar-refractivity contribution >= 4 is 0 Å². The van der Waals surface area contributed by atoms with Crippen molar-refractivity contribution in [3.8, 4) is 5.75 Å². The molecule has 0 amide bonds. The summed E-state index contributed by atoms with van der Waals surface area (Å²) in [6, 6.07) is 4.88. The van der Waals surface area contributed by atoms with Crippen molar-refractivity contribution in [1.82, 2.24) is 5.32 Å². The lowest BCUT2D eigenvalue weighted by molar-refractivity contribution is -0.115. The Balaban J connectivity index is 1.94. The van der Waals surface area contributed by atoms with E-state index in [1.54, 1.807) is 13.2 Å². The van der Waals surface area contributed by atoms with Gasteiger partial charge in [-0.2, -0.15) is 0 Å². The minimum absolute atomic E-state index is 0.00422. The van der Waals surface area contributed by atoms with E-state index in [4.69, 9.17) is 14.2 Å². The van der Waals surface area contributed by atoms with Crippen molar-refractivity contribution in [2.45, 2.75) is 38.5 Å². The number of likely N-dealkylation sites (N-methyl/N-ethyl adjacent to an activating group) is 1.